The topological polar surface area (TPSA) is 65.1 Å². The first-order valence-corrected chi connectivity index (χ1v) is 7.70. The maximum atomic E-state index is 11.5. The van der Waals surface area contributed by atoms with Gasteiger partial charge in [-0.1, -0.05) is 18.2 Å². The third kappa shape index (κ3) is 3.15. The summed E-state index contributed by atoms with van der Waals surface area (Å²) in [5, 5.41) is 17.6. The van der Waals surface area contributed by atoms with Crippen molar-refractivity contribution in [1.82, 2.24) is 10.3 Å². The zero-order chi connectivity index (χ0) is 14.7. The van der Waals surface area contributed by atoms with Crippen molar-refractivity contribution in [3.8, 4) is 0 Å². The number of aliphatic carboxylic acids is 1. The Morgan fingerprint density at radius 2 is 2.19 bits per heavy atom. The minimum atomic E-state index is -0.824. The molecule has 0 saturated heterocycles. The average molecular weight is 300 g/mol. The molecule has 0 radical (unpaired) electrons. The highest BCUT2D eigenvalue weighted by atomic mass is 32.1. The molecular formula is C16H16N2O2S. The second-order valence-corrected chi connectivity index (χ2v) is 5.75. The van der Waals surface area contributed by atoms with E-state index in [1.54, 1.807) is 11.3 Å². The Labute approximate surface area is 126 Å². The first kappa shape index (κ1) is 13.9. The van der Waals surface area contributed by atoms with Gasteiger partial charge >= 0.3 is 5.97 Å². The van der Waals surface area contributed by atoms with E-state index in [2.05, 4.69) is 10.3 Å². The minimum Gasteiger partial charge on any atom is -0.480 e. The van der Waals surface area contributed by atoms with Gasteiger partial charge in [-0.15, -0.1) is 0 Å². The fourth-order valence-electron chi connectivity index (χ4n) is 2.40. The Morgan fingerprint density at radius 3 is 2.95 bits per heavy atom. The maximum Gasteiger partial charge on any atom is 0.321 e. The lowest BCUT2D eigenvalue weighted by atomic mass is 10.0. The molecule has 0 bridgehead atoms. The van der Waals surface area contributed by atoms with Gasteiger partial charge in [0.15, 0.2) is 0 Å². The molecule has 21 heavy (non-hydrogen) atoms. The monoisotopic (exact) mass is 300 g/mol. The van der Waals surface area contributed by atoms with E-state index >= 15 is 0 Å². The summed E-state index contributed by atoms with van der Waals surface area (Å²) in [6.45, 7) is 0.572. The Balaban J connectivity index is 1.74. The van der Waals surface area contributed by atoms with E-state index in [1.165, 1.54) is 0 Å². The van der Waals surface area contributed by atoms with Gasteiger partial charge in [-0.25, -0.2) is 0 Å². The molecule has 0 spiro atoms. The summed E-state index contributed by atoms with van der Waals surface area (Å²) in [6.07, 6.45) is 2.36. The number of aromatic amines is 1. The van der Waals surface area contributed by atoms with Gasteiger partial charge in [-0.2, -0.15) is 11.3 Å². The van der Waals surface area contributed by atoms with Crippen molar-refractivity contribution in [3.63, 3.8) is 0 Å². The smallest absolute Gasteiger partial charge is 0.321 e. The molecule has 2 aromatic heterocycles. The number of thiophene rings is 1. The van der Waals surface area contributed by atoms with Crippen LogP contribution in [0.5, 0.6) is 0 Å². The minimum absolute atomic E-state index is 0.462. The number of carbonyl (C=O) groups is 1. The van der Waals surface area contributed by atoms with E-state index in [4.69, 9.17) is 0 Å². The summed E-state index contributed by atoms with van der Waals surface area (Å²) in [4.78, 5) is 14.6. The molecule has 5 heteroatoms. The maximum absolute atomic E-state index is 11.5. The second-order valence-electron chi connectivity index (χ2n) is 4.97. The van der Waals surface area contributed by atoms with E-state index in [9.17, 15) is 9.90 Å². The number of carboxylic acids is 1. The standard InChI is InChI=1S/C16H16N2O2S/c19-16(20)15(17-8-11-5-6-21-10-11)7-12-9-18-14-4-2-1-3-13(12)14/h1-6,9-10,15,17-18H,7-8H2,(H,19,20)/t15-/m0/s1. The third-order valence-corrected chi connectivity index (χ3v) is 4.26. The van der Waals surface area contributed by atoms with E-state index in [0.717, 1.165) is 22.0 Å². The van der Waals surface area contributed by atoms with Crippen LogP contribution in [0.25, 0.3) is 10.9 Å². The lowest BCUT2D eigenvalue weighted by molar-refractivity contribution is -0.139. The fourth-order valence-corrected chi connectivity index (χ4v) is 3.07. The first-order valence-electron chi connectivity index (χ1n) is 6.76. The van der Waals surface area contributed by atoms with Gasteiger partial charge in [0.25, 0.3) is 0 Å². The molecule has 1 atom stereocenters. The van der Waals surface area contributed by atoms with Crippen molar-refractivity contribution < 1.29 is 9.90 Å². The highest BCUT2D eigenvalue weighted by molar-refractivity contribution is 7.07. The van der Waals surface area contributed by atoms with Crippen molar-refractivity contribution in [3.05, 3.63) is 58.4 Å². The van der Waals surface area contributed by atoms with Gasteiger partial charge in [-0.05, 0) is 34.0 Å². The van der Waals surface area contributed by atoms with E-state index < -0.39 is 12.0 Å². The summed E-state index contributed by atoms with van der Waals surface area (Å²) in [7, 11) is 0. The van der Waals surface area contributed by atoms with Gasteiger partial charge in [0.1, 0.15) is 6.04 Å². The molecule has 0 aliphatic heterocycles. The van der Waals surface area contributed by atoms with Crippen LogP contribution in [0.2, 0.25) is 0 Å². The van der Waals surface area contributed by atoms with Crippen molar-refractivity contribution in [2.45, 2.75) is 19.0 Å². The molecular weight excluding hydrogens is 284 g/mol. The molecule has 0 aliphatic rings. The molecule has 3 aromatic rings. The van der Waals surface area contributed by atoms with Crippen molar-refractivity contribution >= 4 is 28.2 Å². The fraction of sp³-hybridized carbons (Fsp3) is 0.188. The second kappa shape index (κ2) is 6.11. The number of nitrogens with one attached hydrogen (secondary N) is 2. The zero-order valence-corrected chi connectivity index (χ0v) is 12.2. The first-order chi connectivity index (χ1) is 10.2. The number of hydrogen-bond acceptors (Lipinski definition) is 3. The van der Waals surface area contributed by atoms with Crippen LogP contribution in [-0.4, -0.2) is 22.1 Å². The Bertz CT molecular complexity index is 734. The number of carboxylic acid groups (broad SMARTS) is 1. The summed E-state index contributed by atoms with van der Waals surface area (Å²) < 4.78 is 0. The summed E-state index contributed by atoms with van der Waals surface area (Å²) >= 11 is 1.61. The van der Waals surface area contributed by atoms with Gasteiger partial charge in [0.05, 0.1) is 0 Å². The van der Waals surface area contributed by atoms with Crippen LogP contribution < -0.4 is 5.32 Å². The number of H-pyrrole nitrogens is 1. The van der Waals surface area contributed by atoms with E-state index in [1.807, 2.05) is 47.3 Å². The number of hydrogen-bond donors (Lipinski definition) is 3. The number of benzene rings is 1. The Kier molecular flexibility index (Phi) is 4.03. The highest BCUT2D eigenvalue weighted by Crippen LogP contribution is 2.19. The van der Waals surface area contributed by atoms with Gasteiger partial charge in [0.2, 0.25) is 0 Å². The van der Waals surface area contributed by atoms with Crippen LogP contribution in [0.1, 0.15) is 11.1 Å². The molecule has 0 amide bonds. The molecule has 0 saturated carbocycles. The lowest BCUT2D eigenvalue weighted by Crippen LogP contribution is -2.37. The average Bonchev–Trinajstić information content (AvgIpc) is 3.13. The van der Waals surface area contributed by atoms with E-state index in [0.29, 0.717) is 13.0 Å². The molecule has 3 N–H and O–H groups in total. The normalized spacial score (nSPS) is 12.6. The predicted molar refractivity (Wildman–Crippen MR) is 84.6 cm³/mol. The summed E-state index contributed by atoms with van der Waals surface area (Å²) in [6, 6.07) is 9.35. The summed E-state index contributed by atoms with van der Waals surface area (Å²) in [5.41, 5.74) is 3.18. The Morgan fingerprint density at radius 1 is 1.33 bits per heavy atom. The molecule has 108 valence electrons. The molecule has 0 fully saturated rings. The van der Waals surface area contributed by atoms with Gasteiger partial charge < -0.3 is 10.1 Å². The van der Waals surface area contributed by atoms with Crippen LogP contribution in [-0.2, 0) is 17.8 Å². The largest absolute Gasteiger partial charge is 0.480 e. The molecule has 0 aliphatic carbocycles. The van der Waals surface area contributed by atoms with Crippen molar-refractivity contribution in [2.24, 2.45) is 0 Å². The summed E-state index contributed by atoms with van der Waals surface area (Å²) in [5.74, 6) is -0.824. The molecule has 2 heterocycles. The highest BCUT2D eigenvalue weighted by Gasteiger charge is 2.19. The predicted octanol–water partition coefficient (Wildman–Crippen LogP) is 3.01. The quantitative estimate of drug-likeness (QED) is 0.655. The SMILES string of the molecule is O=C(O)[C@H](Cc1c[nH]c2ccccc12)NCc1ccsc1. The van der Waals surface area contributed by atoms with Crippen LogP contribution in [0.4, 0.5) is 0 Å². The Hall–Kier alpha value is -2.11. The number of rotatable bonds is 6. The van der Waals surface area contributed by atoms with Crippen molar-refractivity contribution in [1.29, 1.82) is 0 Å². The third-order valence-electron chi connectivity index (χ3n) is 3.53. The molecule has 3 rings (SSSR count). The van der Waals surface area contributed by atoms with Crippen molar-refractivity contribution in [2.75, 3.05) is 0 Å². The van der Waals surface area contributed by atoms with E-state index in [-0.39, 0.29) is 0 Å². The molecule has 0 unspecified atom stereocenters. The zero-order valence-electron chi connectivity index (χ0n) is 11.4. The number of para-hydroxylation sites is 1. The van der Waals surface area contributed by atoms with Gasteiger partial charge in [0, 0.05) is 30.1 Å². The molecule has 1 aromatic carbocycles. The van der Waals surface area contributed by atoms with Crippen LogP contribution in [0, 0.1) is 0 Å². The number of aromatic nitrogens is 1. The van der Waals surface area contributed by atoms with Gasteiger partial charge in [-0.3, -0.25) is 10.1 Å². The molecule has 4 nitrogen and oxygen atoms in total. The van der Waals surface area contributed by atoms with Crippen LogP contribution in [0.15, 0.2) is 47.3 Å². The van der Waals surface area contributed by atoms with Crippen LogP contribution in [0.3, 0.4) is 0 Å². The lowest BCUT2D eigenvalue weighted by Gasteiger charge is -2.13. The van der Waals surface area contributed by atoms with Crippen LogP contribution >= 0.6 is 11.3 Å². The number of fused-ring (bicyclic) bond motifs is 1.